The second kappa shape index (κ2) is 39.2. The molecule has 3 rings (SSSR count). The number of hydrogen-bond acceptors (Lipinski definition) is 14. The van der Waals surface area contributed by atoms with Crippen molar-refractivity contribution in [3.05, 3.63) is 96.1 Å². The summed E-state index contributed by atoms with van der Waals surface area (Å²) in [7, 11) is 6.73. The Balaban J connectivity index is 1.98. The fourth-order valence-corrected chi connectivity index (χ4v) is 8.69. The highest BCUT2D eigenvalue weighted by Gasteiger charge is 2.33. The topological polar surface area (TPSA) is 358 Å². The van der Waals surface area contributed by atoms with E-state index in [-0.39, 0.29) is 89.0 Å². The van der Waals surface area contributed by atoms with Gasteiger partial charge in [-0.2, -0.15) is 0 Å². The summed E-state index contributed by atoms with van der Waals surface area (Å²) in [5.74, 6) is -5.56. The molecule has 0 heterocycles. The van der Waals surface area contributed by atoms with E-state index >= 15 is 0 Å². The number of likely N-dealkylation sites (N-methyl/N-ethyl adjacent to an activating group) is 1. The molecule has 7 amide bonds. The lowest BCUT2D eigenvalue weighted by Crippen LogP contribution is -2.59. The minimum Gasteiger partial charge on any atom is -0.461 e. The quantitative estimate of drug-likeness (QED) is 0.00921. The van der Waals surface area contributed by atoms with Crippen LogP contribution < -0.4 is 63.8 Å². The van der Waals surface area contributed by atoms with Gasteiger partial charge in [-0.05, 0) is 115 Å². The van der Waals surface area contributed by atoms with Crippen molar-refractivity contribution in [1.29, 1.82) is 10.8 Å². The van der Waals surface area contributed by atoms with Gasteiger partial charge in [-0.25, -0.2) is 0 Å². The number of ether oxygens (including phenoxy) is 1. The number of unbranched alkanes of at least 4 members (excludes halogenated alkanes) is 1. The highest BCUT2D eigenvalue weighted by Crippen LogP contribution is 2.18. The van der Waals surface area contributed by atoms with E-state index in [1.54, 1.807) is 27.2 Å². The summed E-state index contributed by atoms with van der Waals surface area (Å²) in [6, 6.07) is 13.5. The van der Waals surface area contributed by atoms with Crippen molar-refractivity contribution in [1.82, 2.24) is 68.7 Å². The third kappa shape index (κ3) is 27.7. The maximum absolute atomic E-state index is 14.8. The minimum atomic E-state index is -1.37. The molecule has 0 unspecified atom stereocenters. The van der Waals surface area contributed by atoms with Crippen LogP contribution in [0, 0.1) is 17.7 Å². The zero-order valence-corrected chi connectivity index (χ0v) is 50.3. The van der Waals surface area contributed by atoms with Gasteiger partial charge in [0.25, 0.3) is 0 Å². The first-order valence-electron chi connectivity index (χ1n) is 28.9. The number of guanidine groups is 2. The molecule has 0 saturated heterocycles. The Labute approximate surface area is 499 Å². The average Bonchev–Trinajstić information content (AvgIpc) is 3.70. The molecule has 0 aliphatic rings. The average molecular weight is 1180 g/mol. The predicted octanol–water partition coefficient (Wildman–Crippen LogP) is 0.445. The van der Waals surface area contributed by atoms with Crippen LogP contribution in [-0.4, -0.2) is 180 Å². The van der Waals surface area contributed by atoms with Gasteiger partial charge >= 0.3 is 5.97 Å². The van der Waals surface area contributed by atoms with E-state index in [1.165, 1.54) is 6.08 Å². The van der Waals surface area contributed by atoms with E-state index in [9.17, 15) is 43.2 Å². The molecule has 3 aromatic rings. The summed E-state index contributed by atoms with van der Waals surface area (Å²) in [4.78, 5) is 125. The summed E-state index contributed by atoms with van der Waals surface area (Å²) in [6.45, 7) is 9.95. The molecule has 0 aliphatic heterocycles. The van der Waals surface area contributed by atoms with E-state index in [0.29, 0.717) is 44.2 Å². The van der Waals surface area contributed by atoms with Gasteiger partial charge in [0.05, 0.1) is 19.1 Å². The Morgan fingerprint density at radius 3 is 1.71 bits per heavy atom. The van der Waals surface area contributed by atoms with Gasteiger partial charge in [-0.3, -0.25) is 49.2 Å². The molecule has 0 aromatic heterocycles. The number of carbonyl (C=O) groups excluding carboxylic acids is 9. The van der Waals surface area contributed by atoms with Crippen LogP contribution in [0.2, 0.25) is 0 Å². The standard InChI is InChI=1S/C60H91N15O10/c1-9-32-85-53(79)28-27-48(55(81)69-45(38-76)18-14-29-66-59(61)64-6)70-52(78)37-68-54(80)49(35-42-25-26-43-16-10-11-17-44(43)33-42)74-57(83)47(20-15-30-67-60(62)65-7)72-56(82)46(19-12-13-31-75(8)39(2)3)73-58(84)50(71-51(77)36-63-5)34-41-23-21-40(4)22-24-41/h9-11,16-17,21-26,33,38-39,45-50,63H,1,12-15,18-20,27-32,34-37H2,2-8H3,(H,68,80)(H,69,81)(H,70,78)(H,71,77)(H,72,82)(H,73,84)(H,74,83)(H3,61,64,66)(H3,62,65,67)/t45-,46-,47+,48+,49-,50-/m0/s1. The summed E-state index contributed by atoms with van der Waals surface area (Å²) in [6.07, 6.45) is 3.52. The number of aryl methyl sites for hydroxylation is 1. The summed E-state index contributed by atoms with van der Waals surface area (Å²) >= 11 is 0. The molecule has 0 bridgehead atoms. The lowest BCUT2D eigenvalue weighted by atomic mass is 10.00. The fourth-order valence-electron chi connectivity index (χ4n) is 8.69. The second-order valence-electron chi connectivity index (χ2n) is 21.0. The number of esters is 1. The highest BCUT2D eigenvalue weighted by atomic mass is 16.5. The zero-order chi connectivity index (χ0) is 62.7. The highest BCUT2D eigenvalue weighted by molar-refractivity contribution is 5.97. The van der Waals surface area contributed by atoms with Crippen molar-refractivity contribution in [2.45, 2.75) is 134 Å². The normalized spacial score (nSPS) is 13.0. The van der Waals surface area contributed by atoms with Gasteiger partial charge in [0.1, 0.15) is 43.1 Å². The third-order valence-corrected chi connectivity index (χ3v) is 13.9. The number of fused-ring (bicyclic) bond motifs is 1. The van der Waals surface area contributed by atoms with Crippen LogP contribution in [0.15, 0.2) is 79.4 Å². The molecule has 3 aromatic carbocycles. The second-order valence-corrected chi connectivity index (χ2v) is 21.0. The van der Waals surface area contributed by atoms with Crippen molar-refractivity contribution >= 4 is 76.3 Å². The van der Waals surface area contributed by atoms with Gasteiger partial charge < -0.3 is 78.2 Å². The molecule has 14 N–H and O–H groups in total. The smallest absolute Gasteiger partial charge is 0.306 e. The maximum Gasteiger partial charge on any atom is 0.306 e. The van der Waals surface area contributed by atoms with Crippen molar-refractivity contribution in [3.8, 4) is 0 Å². The van der Waals surface area contributed by atoms with Crippen LogP contribution >= 0.6 is 0 Å². The molecule has 0 aliphatic carbocycles. The van der Waals surface area contributed by atoms with Crippen LogP contribution in [0.1, 0.15) is 88.3 Å². The van der Waals surface area contributed by atoms with Crippen LogP contribution in [0.4, 0.5) is 0 Å². The molecule has 25 heteroatoms. The van der Waals surface area contributed by atoms with Gasteiger partial charge in [-0.1, -0.05) is 84.9 Å². The monoisotopic (exact) mass is 1180 g/mol. The van der Waals surface area contributed by atoms with Crippen LogP contribution in [-0.2, 0) is 60.7 Å². The van der Waals surface area contributed by atoms with Crippen molar-refractivity contribution in [2.24, 2.45) is 0 Å². The summed E-state index contributed by atoms with van der Waals surface area (Å²) in [5.41, 5.74) is 2.41. The van der Waals surface area contributed by atoms with Gasteiger partial charge in [0, 0.05) is 52.5 Å². The summed E-state index contributed by atoms with van der Waals surface area (Å²) in [5, 5.41) is 50.4. The molecular formula is C60H91N15O10. The molecule has 85 heavy (non-hydrogen) atoms. The molecule has 0 saturated carbocycles. The molecule has 466 valence electrons. The molecule has 25 nitrogen and oxygen atoms in total. The molecule has 0 radical (unpaired) electrons. The number of nitrogens with one attached hydrogen (secondary N) is 14. The number of benzene rings is 3. The summed E-state index contributed by atoms with van der Waals surface area (Å²) < 4.78 is 5.07. The molecule has 0 spiro atoms. The van der Waals surface area contributed by atoms with E-state index in [2.05, 4.69) is 89.1 Å². The number of aldehydes is 1. The third-order valence-electron chi connectivity index (χ3n) is 13.9. The zero-order valence-electron chi connectivity index (χ0n) is 50.3. The van der Waals surface area contributed by atoms with E-state index in [4.69, 9.17) is 15.6 Å². The van der Waals surface area contributed by atoms with Crippen LogP contribution in [0.25, 0.3) is 10.8 Å². The molecule has 0 fully saturated rings. The van der Waals surface area contributed by atoms with Gasteiger partial charge in [0.15, 0.2) is 11.9 Å². The predicted molar refractivity (Wildman–Crippen MR) is 327 cm³/mol. The number of amides is 7. The van der Waals surface area contributed by atoms with E-state index in [1.807, 2.05) is 74.6 Å². The van der Waals surface area contributed by atoms with Crippen LogP contribution in [0.3, 0.4) is 0 Å². The van der Waals surface area contributed by atoms with E-state index in [0.717, 1.165) is 21.9 Å². The fraction of sp³-hybridized carbons (Fsp3) is 0.517. The first-order valence-corrected chi connectivity index (χ1v) is 28.9. The first-order chi connectivity index (χ1) is 40.7. The molecular weight excluding hydrogens is 1090 g/mol. The van der Waals surface area contributed by atoms with Crippen molar-refractivity contribution < 1.29 is 47.9 Å². The van der Waals surface area contributed by atoms with Gasteiger partial charge in [-0.15, -0.1) is 0 Å². The van der Waals surface area contributed by atoms with Crippen molar-refractivity contribution in [2.75, 3.05) is 67.5 Å². The van der Waals surface area contributed by atoms with Crippen LogP contribution in [0.5, 0.6) is 0 Å². The number of hydrogen-bond donors (Lipinski definition) is 14. The Bertz CT molecular complexity index is 2690. The lowest BCUT2D eigenvalue weighted by Gasteiger charge is -2.27. The Hall–Kier alpha value is -8.45. The SMILES string of the molecule is C=CCOC(=O)CC[C@@H](NC(=O)CNC(=O)[C@H](Cc1ccc2ccccc2c1)NC(=O)[C@@H](CCCNC(=N)NC)NC(=O)[C@H](CCCCN(C)C(C)C)NC(=O)[C@H](Cc1ccc(C)cc1)NC(=O)CNC)C(=O)N[C@H](C=O)CCCNC(=N)NC. The Morgan fingerprint density at radius 1 is 0.588 bits per heavy atom. The Kier molecular flexibility index (Phi) is 32.6. The Morgan fingerprint density at radius 2 is 1.11 bits per heavy atom. The van der Waals surface area contributed by atoms with Crippen molar-refractivity contribution in [3.63, 3.8) is 0 Å². The minimum absolute atomic E-state index is 0.00224. The number of carbonyl (C=O) groups is 9. The molecule has 6 atom stereocenters. The lowest BCUT2D eigenvalue weighted by molar-refractivity contribution is -0.143. The largest absolute Gasteiger partial charge is 0.461 e. The number of nitrogens with zero attached hydrogens (tertiary/aromatic N) is 1. The maximum atomic E-state index is 14.8. The number of rotatable bonds is 39. The van der Waals surface area contributed by atoms with Gasteiger partial charge in [0.2, 0.25) is 41.4 Å². The first kappa shape index (κ1) is 70.8. The van der Waals surface area contributed by atoms with E-state index < -0.39 is 90.1 Å².